The predicted molar refractivity (Wildman–Crippen MR) is 77.9 cm³/mol. The van der Waals surface area contributed by atoms with E-state index in [9.17, 15) is 4.79 Å². The van der Waals surface area contributed by atoms with Crippen molar-refractivity contribution in [1.29, 1.82) is 0 Å². The molecule has 1 aromatic carbocycles. The molecule has 4 nitrogen and oxygen atoms in total. The maximum Gasteiger partial charge on any atom is 0.313 e. The van der Waals surface area contributed by atoms with E-state index in [4.69, 9.17) is 16.7 Å². The Morgan fingerprint density at radius 2 is 2.37 bits per heavy atom. The molecule has 0 aliphatic heterocycles. The van der Waals surface area contributed by atoms with Crippen molar-refractivity contribution in [2.75, 3.05) is 5.75 Å². The molecule has 19 heavy (non-hydrogen) atoms. The molecule has 1 heterocycles. The van der Waals surface area contributed by atoms with Crippen molar-refractivity contribution in [3.63, 3.8) is 0 Å². The van der Waals surface area contributed by atoms with E-state index in [0.29, 0.717) is 16.7 Å². The number of allylic oxidation sites excluding steroid dienone is 1. The number of aliphatic carboxylic acids is 1. The number of rotatable bonds is 6. The van der Waals surface area contributed by atoms with Gasteiger partial charge in [-0.3, -0.25) is 4.79 Å². The number of para-hydroxylation sites is 1. The van der Waals surface area contributed by atoms with Gasteiger partial charge in [-0.15, -0.1) is 6.58 Å². The van der Waals surface area contributed by atoms with Crippen LogP contribution in [0.2, 0.25) is 5.02 Å². The zero-order chi connectivity index (χ0) is 13.8. The van der Waals surface area contributed by atoms with Crippen LogP contribution in [0, 0.1) is 0 Å². The van der Waals surface area contributed by atoms with Crippen LogP contribution < -0.4 is 0 Å². The Hall–Kier alpha value is -1.46. The highest BCUT2D eigenvalue weighted by molar-refractivity contribution is 7.99. The van der Waals surface area contributed by atoms with E-state index >= 15 is 0 Å². The van der Waals surface area contributed by atoms with Gasteiger partial charge in [0.05, 0.1) is 21.8 Å². The average Bonchev–Trinajstić information content (AvgIpc) is 2.73. The van der Waals surface area contributed by atoms with Crippen LogP contribution in [-0.4, -0.2) is 26.4 Å². The fraction of sp³-hybridized carbons (Fsp3) is 0.231. The van der Waals surface area contributed by atoms with Crippen LogP contribution in [0.15, 0.2) is 36.0 Å². The van der Waals surface area contributed by atoms with Gasteiger partial charge in [0, 0.05) is 6.54 Å². The number of halogens is 1. The van der Waals surface area contributed by atoms with Gasteiger partial charge in [-0.05, 0) is 18.6 Å². The number of fused-ring (bicyclic) bond motifs is 1. The molecule has 0 saturated heterocycles. The first-order chi connectivity index (χ1) is 9.13. The van der Waals surface area contributed by atoms with E-state index in [1.807, 2.05) is 28.8 Å². The molecule has 0 saturated carbocycles. The van der Waals surface area contributed by atoms with Gasteiger partial charge in [0.15, 0.2) is 5.16 Å². The Labute approximate surface area is 120 Å². The average molecular weight is 297 g/mol. The number of nitrogens with zero attached hydrogens (tertiary/aromatic N) is 2. The second-order valence-electron chi connectivity index (χ2n) is 3.91. The summed E-state index contributed by atoms with van der Waals surface area (Å²) >= 11 is 7.40. The third-order valence-electron chi connectivity index (χ3n) is 2.56. The number of aryl methyl sites for hydroxylation is 1. The minimum absolute atomic E-state index is 0.0188. The second-order valence-corrected chi connectivity index (χ2v) is 5.26. The predicted octanol–water partition coefficient (Wildman–Crippen LogP) is 3.44. The van der Waals surface area contributed by atoms with Crippen LogP contribution in [-0.2, 0) is 11.3 Å². The number of imidazole rings is 1. The molecule has 0 bridgehead atoms. The number of carbonyl (C=O) groups is 1. The van der Waals surface area contributed by atoms with Crippen LogP contribution in [0.1, 0.15) is 6.42 Å². The Bertz CT molecular complexity index is 624. The van der Waals surface area contributed by atoms with E-state index in [2.05, 4.69) is 11.6 Å². The number of carboxylic acids is 1. The molecule has 2 rings (SSSR count). The van der Waals surface area contributed by atoms with E-state index in [1.165, 1.54) is 11.8 Å². The standard InChI is InChI=1S/C13H13ClN2O2S/c1-2-3-7-16-12-9(14)5-4-6-10(12)15-13(16)19-8-11(17)18/h2,4-6H,1,3,7-8H2,(H,17,18). The van der Waals surface area contributed by atoms with E-state index < -0.39 is 5.97 Å². The Kier molecular flexibility index (Phi) is 4.50. The summed E-state index contributed by atoms with van der Waals surface area (Å²) in [6.07, 6.45) is 2.59. The monoisotopic (exact) mass is 296 g/mol. The van der Waals surface area contributed by atoms with Crippen molar-refractivity contribution in [3.05, 3.63) is 35.9 Å². The first kappa shape index (κ1) is 14.0. The molecule has 0 fully saturated rings. The lowest BCUT2D eigenvalue weighted by Crippen LogP contribution is -2.03. The summed E-state index contributed by atoms with van der Waals surface area (Å²) in [5, 5.41) is 10.1. The molecule has 0 unspecified atom stereocenters. The smallest absolute Gasteiger partial charge is 0.313 e. The molecular formula is C13H13ClN2O2S. The van der Waals surface area contributed by atoms with Crippen LogP contribution in [0.25, 0.3) is 11.0 Å². The van der Waals surface area contributed by atoms with Gasteiger partial charge < -0.3 is 9.67 Å². The molecule has 100 valence electrons. The first-order valence-corrected chi connectivity index (χ1v) is 7.10. The Balaban J connectivity index is 2.45. The van der Waals surface area contributed by atoms with Crippen molar-refractivity contribution < 1.29 is 9.90 Å². The highest BCUT2D eigenvalue weighted by Crippen LogP contribution is 2.29. The summed E-state index contributed by atoms with van der Waals surface area (Å²) < 4.78 is 1.95. The van der Waals surface area contributed by atoms with Crippen molar-refractivity contribution >= 4 is 40.4 Å². The molecule has 0 amide bonds. The number of carboxylic acid groups (broad SMARTS) is 1. The van der Waals surface area contributed by atoms with Crippen LogP contribution in [0.5, 0.6) is 0 Å². The largest absolute Gasteiger partial charge is 0.481 e. The SMILES string of the molecule is C=CCCn1c(SCC(=O)O)nc2cccc(Cl)c21. The summed E-state index contributed by atoms with van der Waals surface area (Å²) in [6, 6.07) is 5.51. The minimum Gasteiger partial charge on any atom is -0.481 e. The summed E-state index contributed by atoms with van der Waals surface area (Å²) in [7, 11) is 0. The lowest BCUT2D eigenvalue weighted by Gasteiger charge is -2.07. The summed E-state index contributed by atoms with van der Waals surface area (Å²) in [6.45, 7) is 4.39. The second kappa shape index (κ2) is 6.12. The van der Waals surface area contributed by atoms with Crippen LogP contribution in [0.4, 0.5) is 0 Å². The van der Waals surface area contributed by atoms with Gasteiger partial charge in [-0.2, -0.15) is 0 Å². The molecule has 0 radical (unpaired) electrons. The maximum atomic E-state index is 10.7. The van der Waals surface area contributed by atoms with E-state index in [1.54, 1.807) is 0 Å². The Morgan fingerprint density at radius 1 is 1.58 bits per heavy atom. The third-order valence-corrected chi connectivity index (χ3v) is 3.83. The van der Waals surface area contributed by atoms with Crippen molar-refractivity contribution in [1.82, 2.24) is 9.55 Å². The fourth-order valence-electron chi connectivity index (χ4n) is 1.78. The molecule has 6 heteroatoms. The minimum atomic E-state index is -0.863. The van der Waals surface area contributed by atoms with Gasteiger partial charge >= 0.3 is 5.97 Å². The highest BCUT2D eigenvalue weighted by Gasteiger charge is 2.14. The molecule has 0 aliphatic rings. The summed E-state index contributed by atoms with van der Waals surface area (Å²) in [4.78, 5) is 15.1. The van der Waals surface area contributed by atoms with Crippen LogP contribution in [0.3, 0.4) is 0 Å². The normalized spacial score (nSPS) is 10.8. The topological polar surface area (TPSA) is 55.1 Å². The van der Waals surface area contributed by atoms with E-state index in [-0.39, 0.29) is 5.75 Å². The number of aromatic nitrogens is 2. The number of hydrogen-bond donors (Lipinski definition) is 1. The number of thioether (sulfide) groups is 1. The summed E-state index contributed by atoms with van der Waals surface area (Å²) in [5.74, 6) is -0.881. The quantitative estimate of drug-likeness (QED) is 0.655. The molecular weight excluding hydrogens is 284 g/mol. The third kappa shape index (κ3) is 3.11. The molecule has 1 aromatic heterocycles. The number of hydrogen-bond acceptors (Lipinski definition) is 3. The molecule has 0 atom stereocenters. The zero-order valence-electron chi connectivity index (χ0n) is 10.2. The highest BCUT2D eigenvalue weighted by atomic mass is 35.5. The van der Waals surface area contributed by atoms with Gasteiger partial charge in [-0.1, -0.05) is 35.5 Å². The lowest BCUT2D eigenvalue weighted by molar-refractivity contribution is -0.133. The number of benzene rings is 1. The molecule has 0 spiro atoms. The zero-order valence-corrected chi connectivity index (χ0v) is 11.7. The summed E-state index contributed by atoms with van der Waals surface area (Å²) in [5.41, 5.74) is 1.63. The maximum absolute atomic E-state index is 10.7. The first-order valence-electron chi connectivity index (χ1n) is 5.73. The molecule has 2 aromatic rings. The Morgan fingerprint density at radius 3 is 3.05 bits per heavy atom. The van der Waals surface area contributed by atoms with Gasteiger partial charge in [0.1, 0.15) is 0 Å². The van der Waals surface area contributed by atoms with Crippen molar-refractivity contribution in [2.45, 2.75) is 18.1 Å². The molecule has 1 N–H and O–H groups in total. The molecule has 0 aliphatic carbocycles. The van der Waals surface area contributed by atoms with Gasteiger partial charge in [0.25, 0.3) is 0 Å². The fourth-order valence-corrected chi connectivity index (χ4v) is 2.81. The van der Waals surface area contributed by atoms with Gasteiger partial charge in [0.2, 0.25) is 0 Å². The van der Waals surface area contributed by atoms with Crippen molar-refractivity contribution in [2.24, 2.45) is 0 Å². The van der Waals surface area contributed by atoms with Crippen molar-refractivity contribution in [3.8, 4) is 0 Å². The van der Waals surface area contributed by atoms with Crippen LogP contribution >= 0.6 is 23.4 Å². The van der Waals surface area contributed by atoms with Gasteiger partial charge in [-0.25, -0.2) is 4.98 Å². The lowest BCUT2D eigenvalue weighted by atomic mass is 10.3. The van der Waals surface area contributed by atoms with E-state index in [0.717, 1.165) is 17.5 Å².